The average Bonchev–Trinajstić information content (AvgIpc) is 2.82. The Hall–Kier alpha value is -2.32. The van der Waals surface area contributed by atoms with Crippen molar-refractivity contribution in [3.8, 4) is 17.2 Å². The van der Waals surface area contributed by atoms with Crippen molar-refractivity contribution in [2.24, 2.45) is 0 Å². The molecule has 0 aliphatic carbocycles. The lowest BCUT2D eigenvalue weighted by Crippen LogP contribution is -2.24. The summed E-state index contributed by atoms with van der Waals surface area (Å²) in [6.07, 6.45) is 0. The monoisotopic (exact) mass is 257 g/mol. The number of carbonyl (C=O) groups is 1. The first-order valence-electron chi connectivity index (χ1n) is 5.32. The number of anilines is 1. The predicted octanol–water partition coefficient (Wildman–Crippen LogP) is 3.04. The van der Waals surface area contributed by atoms with Crippen molar-refractivity contribution in [1.82, 2.24) is 5.32 Å². The molecule has 0 radical (unpaired) electrons. The molecule has 0 saturated heterocycles. The van der Waals surface area contributed by atoms with Gasteiger partial charge in [-0.1, -0.05) is 30.3 Å². The SMILES string of the molecule is CNC(=O)Nc1scc(-c2ccccc2)c1C#N. The summed E-state index contributed by atoms with van der Waals surface area (Å²) in [6, 6.07) is 11.4. The number of hydrogen-bond donors (Lipinski definition) is 2. The van der Waals surface area contributed by atoms with E-state index >= 15 is 0 Å². The molecule has 1 aromatic heterocycles. The lowest BCUT2D eigenvalue weighted by molar-refractivity contribution is 0.254. The second kappa shape index (κ2) is 5.34. The number of urea groups is 1. The number of thiophene rings is 1. The maximum Gasteiger partial charge on any atom is 0.319 e. The van der Waals surface area contributed by atoms with Crippen LogP contribution in [0.25, 0.3) is 11.1 Å². The molecule has 0 saturated carbocycles. The van der Waals surface area contributed by atoms with E-state index in [-0.39, 0.29) is 6.03 Å². The minimum Gasteiger partial charge on any atom is -0.341 e. The van der Waals surface area contributed by atoms with Gasteiger partial charge in [0, 0.05) is 18.0 Å². The highest BCUT2D eigenvalue weighted by molar-refractivity contribution is 7.15. The quantitative estimate of drug-likeness (QED) is 0.868. The van der Waals surface area contributed by atoms with Crippen molar-refractivity contribution in [2.75, 3.05) is 12.4 Å². The third-order valence-electron chi connectivity index (χ3n) is 2.44. The maximum atomic E-state index is 11.3. The van der Waals surface area contributed by atoms with Crippen LogP contribution in [0.4, 0.5) is 9.80 Å². The Balaban J connectivity index is 2.40. The van der Waals surface area contributed by atoms with E-state index in [1.165, 1.54) is 18.4 Å². The van der Waals surface area contributed by atoms with E-state index in [1.54, 1.807) is 0 Å². The van der Waals surface area contributed by atoms with Gasteiger partial charge in [-0.3, -0.25) is 5.32 Å². The maximum absolute atomic E-state index is 11.3. The molecule has 2 amide bonds. The van der Waals surface area contributed by atoms with Crippen molar-refractivity contribution in [1.29, 1.82) is 5.26 Å². The fourth-order valence-corrected chi connectivity index (χ4v) is 2.47. The number of amides is 2. The number of nitrogens with zero attached hydrogens (tertiary/aromatic N) is 1. The third kappa shape index (κ3) is 2.34. The lowest BCUT2D eigenvalue weighted by atomic mass is 10.1. The lowest BCUT2D eigenvalue weighted by Gasteiger charge is -2.02. The van der Waals surface area contributed by atoms with Crippen molar-refractivity contribution < 1.29 is 4.79 Å². The zero-order valence-corrected chi connectivity index (χ0v) is 10.5. The first-order chi connectivity index (χ1) is 8.76. The van der Waals surface area contributed by atoms with E-state index in [9.17, 15) is 10.1 Å². The van der Waals surface area contributed by atoms with Crippen molar-refractivity contribution in [2.45, 2.75) is 0 Å². The van der Waals surface area contributed by atoms with Crippen LogP contribution < -0.4 is 10.6 Å². The zero-order chi connectivity index (χ0) is 13.0. The summed E-state index contributed by atoms with van der Waals surface area (Å²) < 4.78 is 0. The first-order valence-corrected chi connectivity index (χ1v) is 6.20. The van der Waals surface area contributed by atoms with Gasteiger partial charge in [0.1, 0.15) is 11.1 Å². The van der Waals surface area contributed by atoms with Crippen LogP contribution in [0.15, 0.2) is 35.7 Å². The summed E-state index contributed by atoms with van der Waals surface area (Å²) in [5.74, 6) is 0. The van der Waals surface area contributed by atoms with E-state index < -0.39 is 0 Å². The molecule has 1 heterocycles. The van der Waals surface area contributed by atoms with Crippen LogP contribution in [0.5, 0.6) is 0 Å². The molecule has 0 unspecified atom stereocenters. The van der Waals surface area contributed by atoms with Crippen LogP contribution in [0.1, 0.15) is 5.56 Å². The van der Waals surface area contributed by atoms with Gasteiger partial charge in [-0.2, -0.15) is 5.26 Å². The Bertz CT molecular complexity index is 598. The highest BCUT2D eigenvalue weighted by Crippen LogP contribution is 2.34. The highest BCUT2D eigenvalue weighted by atomic mass is 32.1. The molecule has 0 aliphatic rings. The molecule has 18 heavy (non-hydrogen) atoms. The molecule has 1 aromatic carbocycles. The van der Waals surface area contributed by atoms with Gasteiger partial charge < -0.3 is 5.32 Å². The van der Waals surface area contributed by atoms with Crippen LogP contribution >= 0.6 is 11.3 Å². The van der Waals surface area contributed by atoms with E-state index in [0.717, 1.165) is 11.1 Å². The van der Waals surface area contributed by atoms with Gasteiger partial charge in [0.15, 0.2) is 0 Å². The minimum atomic E-state index is -0.326. The summed E-state index contributed by atoms with van der Waals surface area (Å²) in [5.41, 5.74) is 2.31. The molecular formula is C13H11N3OS. The molecule has 2 aromatic rings. The Morgan fingerprint density at radius 3 is 2.67 bits per heavy atom. The van der Waals surface area contributed by atoms with E-state index in [4.69, 9.17) is 0 Å². The van der Waals surface area contributed by atoms with E-state index in [2.05, 4.69) is 16.7 Å². The van der Waals surface area contributed by atoms with Crippen LogP contribution in [0, 0.1) is 11.3 Å². The minimum absolute atomic E-state index is 0.326. The largest absolute Gasteiger partial charge is 0.341 e. The normalized spacial score (nSPS) is 9.56. The fraction of sp³-hybridized carbons (Fsp3) is 0.0769. The molecule has 90 valence electrons. The Morgan fingerprint density at radius 2 is 2.06 bits per heavy atom. The van der Waals surface area contributed by atoms with Crippen molar-refractivity contribution in [3.05, 3.63) is 41.3 Å². The molecule has 2 rings (SSSR count). The molecule has 2 N–H and O–H groups in total. The summed E-state index contributed by atoms with van der Waals surface area (Å²) in [4.78, 5) is 11.3. The van der Waals surface area contributed by atoms with Gasteiger partial charge in [0.2, 0.25) is 0 Å². The number of nitrogens with one attached hydrogen (secondary N) is 2. The second-order valence-electron chi connectivity index (χ2n) is 3.54. The standard InChI is InChI=1S/C13H11N3OS/c1-15-13(17)16-12-10(7-14)11(8-18-12)9-5-3-2-4-6-9/h2-6,8H,1H3,(H2,15,16,17). The first kappa shape index (κ1) is 12.1. The van der Waals surface area contributed by atoms with Crippen molar-refractivity contribution in [3.63, 3.8) is 0 Å². The van der Waals surface area contributed by atoms with Gasteiger partial charge in [-0.25, -0.2) is 4.79 Å². The van der Waals surface area contributed by atoms with Gasteiger partial charge in [0.05, 0.1) is 5.56 Å². The van der Waals surface area contributed by atoms with Gasteiger partial charge >= 0.3 is 6.03 Å². The molecule has 0 spiro atoms. The summed E-state index contributed by atoms with van der Waals surface area (Å²) in [6.45, 7) is 0. The zero-order valence-electron chi connectivity index (χ0n) is 9.73. The molecule has 5 heteroatoms. The predicted molar refractivity (Wildman–Crippen MR) is 72.5 cm³/mol. The molecule has 0 atom stereocenters. The molecule has 0 fully saturated rings. The van der Waals surface area contributed by atoms with Gasteiger partial charge in [0.25, 0.3) is 0 Å². The smallest absolute Gasteiger partial charge is 0.319 e. The van der Waals surface area contributed by atoms with Crippen LogP contribution in [-0.2, 0) is 0 Å². The van der Waals surface area contributed by atoms with Crippen molar-refractivity contribution >= 4 is 22.4 Å². The van der Waals surface area contributed by atoms with Gasteiger partial charge in [-0.05, 0) is 5.56 Å². The van der Waals surface area contributed by atoms with E-state index in [1.807, 2.05) is 35.7 Å². The summed E-state index contributed by atoms with van der Waals surface area (Å²) >= 11 is 1.34. The number of rotatable bonds is 2. The molecular weight excluding hydrogens is 246 g/mol. The van der Waals surface area contributed by atoms with Crippen LogP contribution in [-0.4, -0.2) is 13.1 Å². The Labute approximate surface area is 109 Å². The number of carbonyl (C=O) groups excluding carboxylic acids is 1. The average molecular weight is 257 g/mol. The highest BCUT2D eigenvalue weighted by Gasteiger charge is 2.14. The molecule has 4 nitrogen and oxygen atoms in total. The topological polar surface area (TPSA) is 64.9 Å². The number of benzene rings is 1. The van der Waals surface area contributed by atoms with Gasteiger partial charge in [-0.15, -0.1) is 11.3 Å². The molecule has 0 aliphatic heterocycles. The van der Waals surface area contributed by atoms with E-state index in [0.29, 0.717) is 10.6 Å². The second-order valence-corrected chi connectivity index (χ2v) is 4.42. The Morgan fingerprint density at radius 1 is 1.33 bits per heavy atom. The Kier molecular flexibility index (Phi) is 3.60. The van der Waals surface area contributed by atoms with Crippen LogP contribution in [0.2, 0.25) is 0 Å². The number of hydrogen-bond acceptors (Lipinski definition) is 3. The summed E-state index contributed by atoms with van der Waals surface area (Å²) in [5, 5.41) is 16.8. The fourth-order valence-electron chi connectivity index (χ4n) is 1.56. The number of nitriles is 1. The van der Waals surface area contributed by atoms with Crippen LogP contribution in [0.3, 0.4) is 0 Å². The molecule has 0 bridgehead atoms. The summed E-state index contributed by atoms with van der Waals surface area (Å²) in [7, 11) is 1.53. The third-order valence-corrected chi connectivity index (χ3v) is 3.34.